The first-order chi connectivity index (χ1) is 22.7. The summed E-state index contributed by atoms with van der Waals surface area (Å²) in [5.74, 6) is 0.0201. The highest BCUT2D eigenvalue weighted by molar-refractivity contribution is 7.92. The molecule has 9 nitrogen and oxygen atoms in total. The van der Waals surface area contributed by atoms with Gasteiger partial charge in [0.05, 0.1) is 24.8 Å². The number of sulfonamides is 1. The van der Waals surface area contributed by atoms with Crippen LogP contribution in [-0.4, -0.2) is 58.5 Å². The Morgan fingerprint density at radius 2 is 1.51 bits per heavy atom. The molecule has 0 saturated carbocycles. The zero-order chi connectivity index (χ0) is 33.8. The number of hydrogen-bond acceptors (Lipinski definition) is 6. The molecule has 2 amide bonds. The number of hydrogen-bond donors (Lipinski definition) is 1. The second kappa shape index (κ2) is 16.6. The number of amides is 2. The van der Waals surface area contributed by atoms with E-state index >= 15 is 0 Å². The quantitative estimate of drug-likeness (QED) is 0.154. The molecule has 4 aromatic rings. The average molecular weight is 658 g/mol. The fourth-order valence-corrected chi connectivity index (χ4v) is 6.69. The summed E-state index contributed by atoms with van der Waals surface area (Å²) >= 11 is 0. The van der Waals surface area contributed by atoms with Crippen LogP contribution in [0.1, 0.15) is 36.5 Å². The number of unbranched alkanes of at least 4 members (excludes halogenated alkanes) is 1. The van der Waals surface area contributed by atoms with E-state index in [0.29, 0.717) is 18.0 Å². The van der Waals surface area contributed by atoms with Crippen molar-refractivity contribution >= 4 is 27.5 Å². The largest absolute Gasteiger partial charge is 0.497 e. The van der Waals surface area contributed by atoms with Crippen molar-refractivity contribution in [1.82, 2.24) is 10.2 Å². The zero-order valence-corrected chi connectivity index (χ0v) is 28.2. The van der Waals surface area contributed by atoms with Gasteiger partial charge in [-0.05, 0) is 66.4 Å². The molecular formula is C37H43N3O6S. The predicted octanol–water partition coefficient (Wildman–Crippen LogP) is 5.76. The molecule has 0 aliphatic rings. The summed E-state index contributed by atoms with van der Waals surface area (Å²) in [5.41, 5.74) is 2.59. The van der Waals surface area contributed by atoms with Crippen molar-refractivity contribution in [2.45, 2.75) is 50.6 Å². The summed E-state index contributed by atoms with van der Waals surface area (Å²) in [6, 6.07) is 28.9. The number of aryl methyl sites for hydroxylation is 1. The van der Waals surface area contributed by atoms with E-state index < -0.39 is 28.5 Å². The number of benzene rings is 4. The van der Waals surface area contributed by atoms with Crippen molar-refractivity contribution in [3.8, 4) is 11.5 Å². The lowest BCUT2D eigenvalue weighted by Crippen LogP contribution is -2.53. The van der Waals surface area contributed by atoms with Crippen molar-refractivity contribution in [2.75, 3.05) is 31.6 Å². The van der Waals surface area contributed by atoms with Crippen molar-refractivity contribution in [3.05, 3.63) is 120 Å². The van der Waals surface area contributed by atoms with Crippen LogP contribution in [0.25, 0.3) is 0 Å². The van der Waals surface area contributed by atoms with Crippen LogP contribution >= 0.6 is 0 Å². The Balaban J connectivity index is 1.84. The van der Waals surface area contributed by atoms with Gasteiger partial charge in [-0.3, -0.25) is 13.9 Å². The molecule has 0 aliphatic heterocycles. The van der Waals surface area contributed by atoms with E-state index in [1.165, 1.54) is 24.1 Å². The Bertz CT molecular complexity index is 1730. The molecule has 1 N–H and O–H groups in total. The molecule has 0 spiro atoms. The molecule has 0 heterocycles. The Labute approximate surface area is 278 Å². The summed E-state index contributed by atoms with van der Waals surface area (Å²) in [6.45, 7) is 3.79. The first kappa shape index (κ1) is 35.0. The third-order valence-corrected chi connectivity index (χ3v) is 9.57. The molecule has 0 aliphatic carbocycles. The smallest absolute Gasteiger partial charge is 0.264 e. The lowest BCUT2D eigenvalue weighted by molar-refractivity contribution is -0.140. The number of carbonyl (C=O) groups excluding carboxylic acids is 2. The summed E-state index contributed by atoms with van der Waals surface area (Å²) in [6.07, 6.45) is 1.90. The van der Waals surface area contributed by atoms with Crippen LogP contribution in [0, 0.1) is 6.92 Å². The molecule has 0 fully saturated rings. The third kappa shape index (κ3) is 9.13. The Hall–Kier alpha value is -4.83. The molecule has 4 aromatic carbocycles. The van der Waals surface area contributed by atoms with Crippen molar-refractivity contribution in [1.29, 1.82) is 0 Å². The molecule has 0 saturated heterocycles. The minimum Gasteiger partial charge on any atom is -0.497 e. The molecule has 0 unspecified atom stereocenters. The molecule has 10 heteroatoms. The van der Waals surface area contributed by atoms with Crippen molar-refractivity contribution < 1.29 is 27.5 Å². The minimum atomic E-state index is -4.25. The second-order valence-electron chi connectivity index (χ2n) is 11.2. The van der Waals surface area contributed by atoms with E-state index in [4.69, 9.17) is 9.47 Å². The molecule has 0 aromatic heterocycles. The number of methoxy groups -OCH3 is 2. The van der Waals surface area contributed by atoms with Crippen molar-refractivity contribution in [2.24, 2.45) is 0 Å². The number of anilines is 1. The highest BCUT2D eigenvalue weighted by atomic mass is 32.2. The highest BCUT2D eigenvalue weighted by Crippen LogP contribution is 2.34. The maximum atomic E-state index is 14.7. The lowest BCUT2D eigenvalue weighted by Gasteiger charge is -2.34. The molecule has 1 atom stereocenters. The Kier molecular flexibility index (Phi) is 12.4. The molecule has 4 rings (SSSR count). The third-order valence-electron chi connectivity index (χ3n) is 7.80. The van der Waals surface area contributed by atoms with Gasteiger partial charge in [-0.1, -0.05) is 80.1 Å². The van der Waals surface area contributed by atoms with E-state index in [1.54, 1.807) is 49.6 Å². The molecule has 0 radical (unpaired) electrons. The van der Waals surface area contributed by atoms with Gasteiger partial charge in [-0.2, -0.15) is 0 Å². The molecule has 0 bridgehead atoms. The second-order valence-corrected chi connectivity index (χ2v) is 13.1. The van der Waals surface area contributed by atoms with Crippen LogP contribution in [0.3, 0.4) is 0 Å². The van der Waals surface area contributed by atoms with Crippen LogP contribution < -0.4 is 19.1 Å². The van der Waals surface area contributed by atoms with Gasteiger partial charge in [0.2, 0.25) is 11.8 Å². The number of rotatable bonds is 16. The Morgan fingerprint density at radius 1 is 0.830 bits per heavy atom. The van der Waals surface area contributed by atoms with Gasteiger partial charge in [-0.15, -0.1) is 0 Å². The lowest BCUT2D eigenvalue weighted by atomic mass is 10.0. The topological polar surface area (TPSA) is 105 Å². The first-order valence-corrected chi connectivity index (χ1v) is 17.1. The van der Waals surface area contributed by atoms with Gasteiger partial charge < -0.3 is 19.7 Å². The summed E-state index contributed by atoms with van der Waals surface area (Å²) < 4.78 is 40.7. The van der Waals surface area contributed by atoms with Gasteiger partial charge in [0.25, 0.3) is 10.0 Å². The summed E-state index contributed by atoms with van der Waals surface area (Å²) in [7, 11) is -1.24. The molecule has 47 heavy (non-hydrogen) atoms. The SMILES string of the molecule is CCCCNC(=O)[C@@H](Cc1ccccc1)N(Cc1cccc(OC)c1)C(=O)CN(c1cc(C)ccc1OC)S(=O)(=O)c1ccccc1. The molecular weight excluding hydrogens is 614 g/mol. The van der Waals surface area contributed by atoms with E-state index in [1.807, 2.05) is 62.4 Å². The fourth-order valence-electron chi connectivity index (χ4n) is 5.26. The number of ether oxygens (including phenoxy) is 2. The highest BCUT2D eigenvalue weighted by Gasteiger charge is 2.35. The summed E-state index contributed by atoms with van der Waals surface area (Å²) in [4.78, 5) is 30.1. The van der Waals surface area contributed by atoms with Crippen LogP contribution in [0.15, 0.2) is 108 Å². The van der Waals surface area contributed by atoms with Gasteiger partial charge in [0.1, 0.15) is 24.1 Å². The van der Waals surface area contributed by atoms with Crippen LogP contribution in [0.5, 0.6) is 11.5 Å². The van der Waals surface area contributed by atoms with Crippen molar-refractivity contribution in [3.63, 3.8) is 0 Å². The van der Waals surface area contributed by atoms with Gasteiger partial charge in [-0.25, -0.2) is 8.42 Å². The van der Waals surface area contributed by atoms with Gasteiger partial charge in [0, 0.05) is 19.5 Å². The summed E-state index contributed by atoms with van der Waals surface area (Å²) in [5, 5.41) is 3.01. The predicted molar refractivity (Wildman–Crippen MR) is 184 cm³/mol. The normalized spacial score (nSPS) is 11.7. The average Bonchev–Trinajstić information content (AvgIpc) is 3.09. The monoisotopic (exact) mass is 657 g/mol. The van der Waals surface area contributed by atoms with Crippen LogP contribution in [-0.2, 0) is 32.6 Å². The number of carbonyl (C=O) groups is 2. The van der Waals surface area contributed by atoms with Crippen LogP contribution in [0.2, 0.25) is 0 Å². The maximum Gasteiger partial charge on any atom is 0.264 e. The minimum absolute atomic E-state index is 0.0221. The van der Waals surface area contributed by atoms with E-state index in [9.17, 15) is 18.0 Å². The van der Waals surface area contributed by atoms with Gasteiger partial charge >= 0.3 is 0 Å². The molecule has 248 valence electrons. The van der Waals surface area contributed by atoms with Crippen LogP contribution in [0.4, 0.5) is 5.69 Å². The number of nitrogens with one attached hydrogen (secondary N) is 1. The zero-order valence-electron chi connectivity index (χ0n) is 27.4. The van der Waals surface area contributed by atoms with Gasteiger partial charge in [0.15, 0.2) is 0 Å². The van der Waals surface area contributed by atoms with E-state index in [2.05, 4.69) is 5.32 Å². The van der Waals surface area contributed by atoms with E-state index in [0.717, 1.165) is 33.8 Å². The number of nitrogens with zero attached hydrogens (tertiary/aromatic N) is 2. The first-order valence-electron chi connectivity index (χ1n) is 15.6. The maximum absolute atomic E-state index is 14.7. The standard InChI is InChI=1S/C37H43N3O6S/c1-5-6-22-38-37(42)34(25-29-14-9-7-10-15-29)39(26-30-16-13-17-31(24-30)45-3)36(41)27-40(33-23-28(2)20-21-35(33)46-4)47(43,44)32-18-11-8-12-19-32/h7-21,23-24,34H,5-6,22,25-27H2,1-4H3,(H,38,42)/t34-/m1/s1. The fraction of sp³-hybridized carbons (Fsp3) is 0.297. The van der Waals surface area contributed by atoms with E-state index in [-0.39, 0.29) is 29.5 Å². The Morgan fingerprint density at radius 3 is 2.17 bits per heavy atom.